The average Bonchev–Trinajstić information content (AvgIpc) is 2.77. The van der Waals surface area contributed by atoms with Crippen molar-refractivity contribution in [1.82, 2.24) is 5.32 Å². The molecule has 2 fully saturated rings. The van der Waals surface area contributed by atoms with Gasteiger partial charge in [-0.25, -0.2) is 0 Å². The molecule has 0 aromatic rings. The Bertz CT molecular complexity index is 226. The van der Waals surface area contributed by atoms with Crippen molar-refractivity contribution in [3.8, 4) is 6.07 Å². The molecule has 0 spiro atoms. The Hall–Kier alpha value is -0.590. The van der Waals surface area contributed by atoms with Gasteiger partial charge in [-0.15, -0.1) is 0 Å². The molecule has 0 radical (unpaired) electrons. The predicted molar refractivity (Wildman–Crippen MR) is 49.1 cm³/mol. The average molecular weight is 180 g/mol. The van der Waals surface area contributed by atoms with Gasteiger partial charge in [0.2, 0.25) is 0 Å². The number of nitrogens with zero attached hydrogens (tertiary/aromatic N) is 1. The summed E-state index contributed by atoms with van der Waals surface area (Å²) in [4.78, 5) is 0. The van der Waals surface area contributed by atoms with Crippen LogP contribution < -0.4 is 5.32 Å². The van der Waals surface area contributed by atoms with E-state index < -0.39 is 5.54 Å². The first kappa shape index (κ1) is 8.98. The largest absolute Gasteiger partial charge is 0.375 e. The van der Waals surface area contributed by atoms with Gasteiger partial charge in [-0.2, -0.15) is 5.26 Å². The normalized spacial score (nSPS) is 32.5. The first-order valence-electron chi connectivity index (χ1n) is 5.05. The lowest BCUT2D eigenvalue weighted by Gasteiger charge is -2.29. The maximum Gasteiger partial charge on any atom is 0.130 e. The molecule has 2 unspecified atom stereocenters. The maximum atomic E-state index is 9.13. The summed E-state index contributed by atoms with van der Waals surface area (Å²) < 4.78 is 5.55. The third-order valence-electron chi connectivity index (χ3n) is 2.89. The second-order valence-electron chi connectivity index (χ2n) is 4.23. The fraction of sp³-hybridized carbons (Fsp3) is 0.900. The van der Waals surface area contributed by atoms with E-state index in [2.05, 4.69) is 11.4 Å². The molecule has 2 atom stereocenters. The van der Waals surface area contributed by atoms with Crippen LogP contribution >= 0.6 is 0 Å². The summed E-state index contributed by atoms with van der Waals surface area (Å²) in [7, 11) is 0. The molecule has 1 saturated carbocycles. The second-order valence-corrected chi connectivity index (χ2v) is 4.23. The molecule has 72 valence electrons. The summed E-state index contributed by atoms with van der Waals surface area (Å²) in [6.45, 7) is 2.77. The van der Waals surface area contributed by atoms with Crippen molar-refractivity contribution in [2.24, 2.45) is 0 Å². The standard InChI is InChI=1S/C10H16N2O/c1-10(7-11,12-8-4-5-8)9-3-2-6-13-9/h8-9,12H,2-6H2,1H3. The topological polar surface area (TPSA) is 45.0 Å². The molecule has 0 aromatic carbocycles. The molecule has 1 aliphatic carbocycles. The predicted octanol–water partition coefficient (Wildman–Crippen LogP) is 1.20. The van der Waals surface area contributed by atoms with Crippen molar-refractivity contribution in [2.75, 3.05) is 6.61 Å². The van der Waals surface area contributed by atoms with Gasteiger partial charge >= 0.3 is 0 Å². The minimum Gasteiger partial charge on any atom is -0.375 e. The summed E-state index contributed by atoms with van der Waals surface area (Å²) in [5, 5.41) is 12.5. The lowest BCUT2D eigenvalue weighted by molar-refractivity contribution is 0.0582. The van der Waals surface area contributed by atoms with Crippen LogP contribution in [0.15, 0.2) is 0 Å². The lowest BCUT2D eigenvalue weighted by atomic mass is 9.94. The maximum absolute atomic E-state index is 9.13. The highest BCUT2D eigenvalue weighted by atomic mass is 16.5. The molecule has 0 bridgehead atoms. The quantitative estimate of drug-likeness (QED) is 0.709. The van der Waals surface area contributed by atoms with Gasteiger partial charge < -0.3 is 4.74 Å². The van der Waals surface area contributed by atoms with Crippen molar-refractivity contribution in [3.05, 3.63) is 0 Å². The van der Waals surface area contributed by atoms with Gasteiger partial charge in [0.15, 0.2) is 0 Å². The Morgan fingerprint density at radius 1 is 1.46 bits per heavy atom. The summed E-state index contributed by atoms with van der Waals surface area (Å²) in [6.07, 6.45) is 4.63. The highest BCUT2D eigenvalue weighted by molar-refractivity contribution is 5.12. The molecule has 13 heavy (non-hydrogen) atoms. The SMILES string of the molecule is CC(C#N)(NC1CC1)C1CCCO1. The minimum absolute atomic E-state index is 0.0955. The Kier molecular flexibility index (Phi) is 2.27. The van der Waals surface area contributed by atoms with Crippen LogP contribution in [0.4, 0.5) is 0 Å². The van der Waals surface area contributed by atoms with E-state index in [1.165, 1.54) is 12.8 Å². The third kappa shape index (κ3) is 1.84. The van der Waals surface area contributed by atoms with Gasteiger partial charge in [-0.1, -0.05) is 0 Å². The first-order chi connectivity index (χ1) is 6.24. The number of nitriles is 1. The summed E-state index contributed by atoms with van der Waals surface area (Å²) >= 11 is 0. The van der Waals surface area contributed by atoms with Crippen LogP contribution in [0, 0.1) is 11.3 Å². The minimum atomic E-state index is -0.461. The molecule has 0 amide bonds. The van der Waals surface area contributed by atoms with E-state index in [4.69, 9.17) is 10.00 Å². The van der Waals surface area contributed by atoms with Crippen LogP contribution in [0.25, 0.3) is 0 Å². The van der Waals surface area contributed by atoms with E-state index in [-0.39, 0.29) is 6.10 Å². The molecule has 1 heterocycles. The van der Waals surface area contributed by atoms with Crippen LogP contribution in [-0.2, 0) is 4.74 Å². The molecule has 3 heteroatoms. The number of nitrogens with one attached hydrogen (secondary N) is 1. The Labute approximate surface area is 79.1 Å². The van der Waals surface area contributed by atoms with Crippen LogP contribution in [-0.4, -0.2) is 24.3 Å². The number of rotatable bonds is 3. The highest BCUT2D eigenvalue weighted by Crippen LogP contribution is 2.28. The van der Waals surface area contributed by atoms with Gasteiger partial charge in [0.25, 0.3) is 0 Å². The lowest BCUT2D eigenvalue weighted by Crippen LogP contribution is -2.51. The van der Waals surface area contributed by atoms with Crippen molar-refractivity contribution >= 4 is 0 Å². The highest BCUT2D eigenvalue weighted by Gasteiger charge is 2.41. The van der Waals surface area contributed by atoms with E-state index in [9.17, 15) is 0 Å². The molecule has 2 aliphatic rings. The van der Waals surface area contributed by atoms with Gasteiger partial charge in [0.05, 0.1) is 12.2 Å². The van der Waals surface area contributed by atoms with E-state index in [0.29, 0.717) is 6.04 Å². The van der Waals surface area contributed by atoms with Gasteiger partial charge in [0.1, 0.15) is 5.54 Å². The molecule has 1 saturated heterocycles. The fourth-order valence-electron chi connectivity index (χ4n) is 1.88. The fourth-order valence-corrected chi connectivity index (χ4v) is 1.88. The first-order valence-corrected chi connectivity index (χ1v) is 5.05. The summed E-state index contributed by atoms with van der Waals surface area (Å²) in [5.74, 6) is 0. The monoisotopic (exact) mass is 180 g/mol. The van der Waals surface area contributed by atoms with Crippen molar-refractivity contribution < 1.29 is 4.74 Å². The zero-order valence-corrected chi connectivity index (χ0v) is 8.05. The molecule has 0 aromatic heterocycles. The van der Waals surface area contributed by atoms with Crippen LogP contribution in [0.1, 0.15) is 32.6 Å². The molecule has 1 aliphatic heterocycles. The number of hydrogen-bond donors (Lipinski definition) is 1. The zero-order chi connectivity index (χ0) is 9.31. The smallest absolute Gasteiger partial charge is 0.130 e. The zero-order valence-electron chi connectivity index (χ0n) is 8.05. The Balaban J connectivity index is 1.99. The van der Waals surface area contributed by atoms with Crippen LogP contribution in [0.5, 0.6) is 0 Å². The van der Waals surface area contributed by atoms with Crippen molar-refractivity contribution in [1.29, 1.82) is 5.26 Å². The summed E-state index contributed by atoms with van der Waals surface area (Å²) in [6, 6.07) is 2.92. The molecular formula is C10H16N2O. The summed E-state index contributed by atoms with van der Waals surface area (Å²) in [5.41, 5.74) is -0.461. The van der Waals surface area contributed by atoms with Crippen LogP contribution in [0.2, 0.25) is 0 Å². The molecular weight excluding hydrogens is 164 g/mol. The second kappa shape index (κ2) is 3.28. The van der Waals surface area contributed by atoms with Gasteiger partial charge in [-0.05, 0) is 32.6 Å². The van der Waals surface area contributed by atoms with Gasteiger partial charge in [-0.3, -0.25) is 5.32 Å². The van der Waals surface area contributed by atoms with E-state index >= 15 is 0 Å². The number of ether oxygens (including phenoxy) is 1. The van der Waals surface area contributed by atoms with Crippen LogP contribution in [0.3, 0.4) is 0 Å². The Morgan fingerprint density at radius 2 is 2.23 bits per heavy atom. The third-order valence-corrected chi connectivity index (χ3v) is 2.89. The van der Waals surface area contributed by atoms with Crippen molar-refractivity contribution in [2.45, 2.75) is 50.3 Å². The molecule has 3 nitrogen and oxygen atoms in total. The molecule has 2 rings (SSSR count). The Morgan fingerprint density at radius 3 is 2.69 bits per heavy atom. The van der Waals surface area contributed by atoms with Gasteiger partial charge in [0, 0.05) is 12.6 Å². The molecule has 1 N–H and O–H groups in total. The van der Waals surface area contributed by atoms with E-state index in [1.54, 1.807) is 0 Å². The van der Waals surface area contributed by atoms with E-state index in [1.807, 2.05) is 6.92 Å². The van der Waals surface area contributed by atoms with E-state index in [0.717, 1.165) is 19.4 Å². The van der Waals surface area contributed by atoms with Crippen molar-refractivity contribution in [3.63, 3.8) is 0 Å². The number of hydrogen-bond acceptors (Lipinski definition) is 3.